The maximum Gasteiger partial charge on any atom is 0.276 e. The van der Waals surface area contributed by atoms with Gasteiger partial charge in [0.05, 0.1) is 17.1 Å². The number of hydrogen-bond donors (Lipinski definition) is 1. The summed E-state index contributed by atoms with van der Waals surface area (Å²) in [5, 5.41) is 21.2. The predicted octanol–water partition coefficient (Wildman–Crippen LogP) is 2.49. The number of aliphatic hydroxyl groups excluding tert-OH is 1. The third-order valence-electron chi connectivity index (χ3n) is 3.49. The van der Waals surface area contributed by atoms with Gasteiger partial charge in [-0.2, -0.15) is 0 Å². The summed E-state index contributed by atoms with van der Waals surface area (Å²) >= 11 is 0. The summed E-state index contributed by atoms with van der Waals surface area (Å²) in [6.07, 6.45) is -0.684. The van der Waals surface area contributed by atoms with Crippen LogP contribution in [-0.4, -0.2) is 29.3 Å². The SMILES string of the molecule is CC(C)C(c1cc2c(cc1[N+](=O)[O-])OCCO2)C(C)O. The molecule has 1 aromatic carbocycles. The van der Waals surface area contributed by atoms with Crippen molar-refractivity contribution < 1.29 is 19.5 Å². The van der Waals surface area contributed by atoms with Crippen LogP contribution in [0.2, 0.25) is 0 Å². The monoisotopic (exact) mass is 281 g/mol. The third kappa shape index (κ3) is 2.70. The Bertz CT molecular complexity index is 505. The quantitative estimate of drug-likeness (QED) is 0.677. The van der Waals surface area contributed by atoms with Crippen molar-refractivity contribution in [3.63, 3.8) is 0 Å². The van der Waals surface area contributed by atoms with Crippen LogP contribution in [0.25, 0.3) is 0 Å². The first-order valence-electron chi connectivity index (χ1n) is 6.67. The van der Waals surface area contributed by atoms with Crippen LogP contribution < -0.4 is 9.47 Å². The summed E-state index contributed by atoms with van der Waals surface area (Å²) in [5.41, 5.74) is 0.457. The van der Waals surface area contributed by atoms with Crippen molar-refractivity contribution in [2.45, 2.75) is 32.8 Å². The molecule has 6 heteroatoms. The van der Waals surface area contributed by atoms with Crippen LogP contribution in [0.15, 0.2) is 12.1 Å². The van der Waals surface area contributed by atoms with E-state index < -0.39 is 11.0 Å². The Morgan fingerprint density at radius 3 is 2.20 bits per heavy atom. The highest BCUT2D eigenvalue weighted by molar-refractivity contribution is 5.56. The summed E-state index contributed by atoms with van der Waals surface area (Å²) in [7, 11) is 0. The topological polar surface area (TPSA) is 81.8 Å². The number of aliphatic hydroxyl groups is 1. The van der Waals surface area contributed by atoms with Gasteiger partial charge in [0.1, 0.15) is 13.2 Å². The first-order chi connectivity index (χ1) is 9.41. The molecule has 1 aliphatic heterocycles. The fraction of sp³-hybridized carbons (Fsp3) is 0.571. The average molecular weight is 281 g/mol. The lowest BCUT2D eigenvalue weighted by Crippen LogP contribution is -2.22. The van der Waals surface area contributed by atoms with Crippen molar-refractivity contribution in [2.24, 2.45) is 5.92 Å². The van der Waals surface area contributed by atoms with Crippen LogP contribution >= 0.6 is 0 Å². The van der Waals surface area contributed by atoms with Gasteiger partial charge in [-0.3, -0.25) is 10.1 Å². The molecule has 6 nitrogen and oxygen atoms in total. The Labute approximate surface area is 117 Å². The molecular weight excluding hydrogens is 262 g/mol. The minimum Gasteiger partial charge on any atom is -0.486 e. The number of fused-ring (bicyclic) bond motifs is 1. The van der Waals surface area contributed by atoms with Gasteiger partial charge in [0.2, 0.25) is 0 Å². The highest BCUT2D eigenvalue weighted by atomic mass is 16.6. The Balaban J connectivity index is 2.57. The van der Waals surface area contributed by atoms with Gasteiger partial charge in [-0.05, 0) is 18.9 Å². The summed E-state index contributed by atoms with van der Waals surface area (Å²) < 4.78 is 10.9. The van der Waals surface area contributed by atoms with Gasteiger partial charge in [-0.25, -0.2) is 0 Å². The zero-order chi connectivity index (χ0) is 14.9. The molecule has 1 N–H and O–H groups in total. The van der Waals surface area contributed by atoms with E-state index in [0.717, 1.165) is 0 Å². The van der Waals surface area contributed by atoms with Gasteiger partial charge in [-0.15, -0.1) is 0 Å². The van der Waals surface area contributed by atoms with Crippen molar-refractivity contribution in [1.82, 2.24) is 0 Å². The maximum atomic E-state index is 11.3. The lowest BCUT2D eigenvalue weighted by Gasteiger charge is -2.26. The van der Waals surface area contributed by atoms with Crippen LogP contribution in [0.5, 0.6) is 11.5 Å². The molecule has 0 spiro atoms. The highest BCUT2D eigenvalue weighted by Gasteiger charge is 2.31. The van der Waals surface area contributed by atoms with Crippen molar-refractivity contribution in [3.8, 4) is 11.5 Å². The molecule has 1 heterocycles. The molecule has 2 unspecified atom stereocenters. The van der Waals surface area contributed by atoms with Crippen LogP contribution in [0.3, 0.4) is 0 Å². The molecule has 0 radical (unpaired) electrons. The highest BCUT2D eigenvalue weighted by Crippen LogP contribution is 2.42. The molecule has 0 fully saturated rings. The second-order valence-electron chi connectivity index (χ2n) is 5.32. The molecule has 0 bridgehead atoms. The fourth-order valence-electron chi connectivity index (χ4n) is 2.69. The summed E-state index contributed by atoms with van der Waals surface area (Å²) in [4.78, 5) is 10.8. The molecule has 1 aromatic rings. The number of benzene rings is 1. The molecule has 20 heavy (non-hydrogen) atoms. The van der Waals surface area contributed by atoms with Crippen molar-refractivity contribution in [3.05, 3.63) is 27.8 Å². The van der Waals surface area contributed by atoms with Crippen molar-refractivity contribution >= 4 is 5.69 Å². The summed E-state index contributed by atoms with van der Waals surface area (Å²) in [6.45, 7) is 6.31. The van der Waals surface area contributed by atoms with Gasteiger partial charge in [0.15, 0.2) is 11.5 Å². The molecule has 0 saturated heterocycles. The van der Waals surface area contributed by atoms with E-state index in [1.54, 1.807) is 13.0 Å². The van der Waals surface area contributed by atoms with E-state index in [0.29, 0.717) is 30.3 Å². The van der Waals surface area contributed by atoms with Crippen LogP contribution in [-0.2, 0) is 0 Å². The van der Waals surface area contributed by atoms with E-state index in [4.69, 9.17) is 9.47 Å². The average Bonchev–Trinajstić information content (AvgIpc) is 2.36. The summed E-state index contributed by atoms with van der Waals surface area (Å²) in [6, 6.07) is 3.02. The molecule has 0 aromatic heterocycles. The lowest BCUT2D eigenvalue weighted by molar-refractivity contribution is -0.386. The number of nitro groups is 1. The molecule has 110 valence electrons. The van der Waals surface area contributed by atoms with E-state index >= 15 is 0 Å². The zero-order valence-electron chi connectivity index (χ0n) is 11.8. The molecule has 1 aliphatic rings. The Morgan fingerprint density at radius 1 is 1.20 bits per heavy atom. The van der Waals surface area contributed by atoms with Crippen molar-refractivity contribution in [2.75, 3.05) is 13.2 Å². The first-order valence-corrected chi connectivity index (χ1v) is 6.67. The number of ether oxygens (including phenoxy) is 2. The van der Waals surface area contributed by atoms with Gasteiger partial charge in [-0.1, -0.05) is 13.8 Å². The van der Waals surface area contributed by atoms with E-state index in [1.165, 1.54) is 6.07 Å². The Morgan fingerprint density at radius 2 is 1.75 bits per heavy atom. The fourth-order valence-corrected chi connectivity index (χ4v) is 2.69. The normalized spacial score (nSPS) is 16.9. The van der Waals surface area contributed by atoms with Gasteiger partial charge in [0.25, 0.3) is 5.69 Å². The molecule has 0 saturated carbocycles. The lowest BCUT2D eigenvalue weighted by atomic mass is 9.83. The third-order valence-corrected chi connectivity index (χ3v) is 3.49. The predicted molar refractivity (Wildman–Crippen MR) is 73.3 cm³/mol. The van der Waals surface area contributed by atoms with Crippen LogP contribution in [0.1, 0.15) is 32.3 Å². The second-order valence-corrected chi connectivity index (χ2v) is 5.32. The minimum atomic E-state index is -0.684. The number of nitrogens with zero attached hydrogens (tertiary/aromatic N) is 1. The van der Waals surface area contributed by atoms with Crippen molar-refractivity contribution in [1.29, 1.82) is 0 Å². The van der Waals surface area contributed by atoms with Gasteiger partial charge >= 0.3 is 0 Å². The van der Waals surface area contributed by atoms with E-state index in [2.05, 4.69) is 0 Å². The molecule has 0 amide bonds. The standard InChI is InChI=1S/C14H19NO5/c1-8(2)14(9(3)16)10-6-12-13(20-5-4-19-12)7-11(10)15(17)18/h6-9,14,16H,4-5H2,1-3H3. The maximum absolute atomic E-state index is 11.3. The van der Waals surface area contributed by atoms with E-state index in [9.17, 15) is 15.2 Å². The molecule has 2 atom stereocenters. The summed E-state index contributed by atoms with van der Waals surface area (Å²) in [5.74, 6) is 0.630. The first kappa shape index (κ1) is 14.6. The largest absolute Gasteiger partial charge is 0.486 e. The Hall–Kier alpha value is -1.82. The molecular formula is C14H19NO5. The number of nitro benzene ring substituents is 1. The number of rotatable bonds is 4. The number of hydrogen-bond acceptors (Lipinski definition) is 5. The van der Waals surface area contributed by atoms with Gasteiger partial charge in [0, 0.05) is 11.5 Å². The zero-order valence-corrected chi connectivity index (χ0v) is 11.8. The van der Waals surface area contributed by atoms with Gasteiger partial charge < -0.3 is 14.6 Å². The van der Waals surface area contributed by atoms with Crippen LogP contribution in [0.4, 0.5) is 5.69 Å². The van der Waals surface area contributed by atoms with E-state index in [1.807, 2.05) is 13.8 Å². The Kier molecular flexibility index (Phi) is 4.13. The minimum absolute atomic E-state index is 0.0335. The van der Waals surface area contributed by atoms with E-state index in [-0.39, 0.29) is 17.5 Å². The molecule has 2 rings (SSSR count). The second kappa shape index (κ2) is 5.66. The molecule has 0 aliphatic carbocycles. The van der Waals surface area contributed by atoms with Crippen LogP contribution in [0, 0.1) is 16.0 Å². The smallest absolute Gasteiger partial charge is 0.276 e.